The first-order valence-corrected chi connectivity index (χ1v) is 8.74. The number of carbonyl (C=O) groups excluding carboxylic acids is 2. The number of hydrogen-bond donors (Lipinski definition) is 0. The van der Waals surface area contributed by atoms with Crippen molar-refractivity contribution in [3.8, 4) is 0 Å². The number of carbonyl (C=O) groups is 2. The zero-order valence-corrected chi connectivity index (χ0v) is 14.6. The first-order valence-electron chi connectivity index (χ1n) is 8.74. The van der Waals surface area contributed by atoms with Gasteiger partial charge in [0.15, 0.2) is 0 Å². The maximum Gasteiger partial charge on any atom is 0.307 e. The second-order valence-corrected chi connectivity index (χ2v) is 5.97. The van der Waals surface area contributed by atoms with Crippen LogP contribution >= 0.6 is 0 Å². The maximum absolute atomic E-state index is 12.8. The van der Waals surface area contributed by atoms with Crippen LogP contribution in [0, 0.1) is 0 Å². The summed E-state index contributed by atoms with van der Waals surface area (Å²) in [7, 11) is 0. The van der Waals surface area contributed by atoms with E-state index >= 15 is 0 Å². The molecule has 1 aliphatic heterocycles. The van der Waals surface area contributed by atoms with Crippen LogP contribution in [0.5, 0.6) is 0 Å². The largest absolute Gasteiger partial charge is 0.466 e. The maximum atomic E-state index is 12.8. The van der Waals surface area contributed by atoms with Gasteiger partial charge >= 0.3 is 5.97 Å². The van der Waals surface area contributed by atoms with Gasteiger partial charge in [-0.05, 0) is 45.0 Å². The standard InChI is InChI=1S/C18H27N3O3/c1-3-20-12-5-6-16(20)14-21(13-9-17(22)24-4-2)18(23)15-7-10-19-11-8-15/h7-8,10-11,16H,3-6,9,12-14H2,1-2H3/t16-/m1/s1. The predicted molar refractivity (Wildman–Crippen MR) is 91.7 cm³/mol. The van der Waals surface area contributed by atoms with Crippen LogP contribution in [-0.4, -0.2) is 65.5 Å². The summed E-state index contributed by atoms with van der Waals surface area (Å²) in [5.41, 5.74) is 0.606. The highest BCUT2D eigenvalue weighted by Crippen LogP contribution is 2.19. The number of rotatable bonds is 8. The molecule has 0 unspecified atom stereocenters. The van der Waals surface area contributed by atoms with Gasteiger partial charge in [0.2, 0.25) is 0 Å². The van der Waals surface area contributed by atoms with Crippen LogP contribution in [0.1, 0.15) is 43.5 Å². The van der Waals surface area contributed by atoms with E-state index in [0.29, 0.717) is 31.3 Å². The van der Waals surface area contributed by atoms with E-state index in [1.165, 1.54) is 0 Å². The van der Waals surface area contributed by atoms with E-state index < -0.39 is 0 Å². The average molecular weight is 333 g/mol. The monoisotopic (exact) mass is 333 g/mol. The lowest BCUT2D eigenvalue weighted by atomic mass is 10.1. The van der Waals surface area contributed by atoms with E-state index in [1.54, 1.807) is 36.4 Å². The third-order valence-electron chi connectivity index (χ3n) is 4.44. The molecular formula is C18H27N3O3. The minimum absolute atomic E-state index is 0.0512. The highest BCUT2D eigenvalue weighted by molar-refractivity contribution is 5.94. The van der Waals surface area contributed by atoms with Gasteiger partial charge in [0.1, 0.15) is 0 Å². The summed E-state index contributed by atoms with van der Waals surface area (Å²) in [6, 6.07) is 3.79. The molecule has 0 bridgehead atoms. The Hall–Kier alpha value is -1.95. The Morgan fingerprint density at radius 3 is 2.75 bits per heavy atom. The van der Waals surface area contributed by atoms with Crippen molar-refractivity contribution in [1.29, 1.82) is 0 Å². The van der Waals surface area contributed by atoms with Crippen molar-refractivity contribution < 1.29 is 14.3 Å². The van der Waals surface area contributed by atoms with Gasteiger partial charge < -0.3 is 9.64 Å². The third-order valence-corrected chi connectivity index (χ3v) is 4.44. The summed E-state index contributed by atoms with van der Waals surface area (Å²) in [4.78, 5) is 32.7. The molecule has 0 spiro atoms. The quantitative estimate of drug-likeness (QED) is 0.681. The highest BCUT2D eigenvalue weighted by atomic mass is 16.5. The van der Waals surface area contributed by atoms with Crippen molar-refractivity contribution in [3.63, 3.8) is 0 Å². The molecule has 1 saturated heterocycles. The predicted octanol–water partition coefficient (Wildman–Crippen LogP) is 1.96. The summed E-state index contributed by atoms with van der Waals surface area (Å²) < 4.78 is 4.99. The number of pyridine rings is 1. The molecule has 2 heterocycles. The van der Waals surface area contributed by atoms with Gasteiger partial charge in [0.25, 0.3) is 5.91 Å². The van der Waals surface area contributed by atoms with Crippen LogP contribution in [-0.2, 0) is 9.53 Å². The molecule has 0 N–H and O–H groups in total. The lowest BCUT2D eigenvalue weighted by molar-refractivity contribution is -0.143. The summed E-state index contributed by atoms with van der Waals surface area (Å²) in [5, 5.41) is 0. The van der Waals surface area contributed by atoms with Crippen molar-refractivity contribution in [1.82, 2.24) is 14.8 Å². The number of ether oxygens (including phenoxy) is 1. The molecular weight excluding hydrogens is 306 g/mol. The molecule has 1 aromatic rings. The fourth-order valence-electron chi connectivity index (χ4n) is 3.18. The van der Waals surface area contributed by atoms with Gasteiger partial charge in [-0.1, -0.05) is 6.92 Å². The van der Waals surface area contributed by atoms with E-state index in [1.807, 2.05) is 0 Å². The molecule has 1 atom stereocenters. The highest BCUT2D eigenvalue weighted by Gasteiger charge is 2.27. The fourth-order valence-corrected chi connectivity index (χ4v) is 3.18. The molecule has 24 heavy (non-hydrogen) atoms. The number of aromatic nitrogens is 1. The first kappa shape index (κ1) is 18.4. The number of amides is 1. The van der Waals surface area contributed by atoms with Gasteiger partial charge in [-0.15, -0.1) is 0 Å². The van der Waals surface area contributed by atoms with E-state index in [2.05, 4.69) is 16.8 Å². The Labute approximate surface area is 143 Å². The zero-order chi connectivity index (χ0) is 17.4. The van der Waals surface area contributed by atoms with Gasteiger partial charge in [-0.2, -0.15) is 0 Å². The molecule has 0 saturated carbocycles. The van der Waals surface area contributed by atoms with Crippen LogP contribution in [0.4, 0.5) is 0 Å². The molecule has 2 rings (SSSR count). The van der Waals surface area contributed by atoms with Crippen LogP contribution in [0.3, 0.4) is 0 Å². The van der Waals surface area contributed by atoms with Crippen LogP contribution < -0.4 is 0 Å². The van der Waals surface area contributed by atoms with Crippen molar-refractivity contribution in [2.45, 2.75) is 39.2 Å². The number of hydrogen-bond acceptors (Lipinski definition) is 5. The van der Waals surface area contributed by atoms with Gasteiger partial charge in [0, 0.05) is 37.1 Å². The summed E-state index contributed by atoms with van der Waals surface area (Å²) >= 11 is 0. The lowest BCUT2D eigenvalue weighted by Gasteiger charge is -2.30. The average Bonchev–Trinajstić information content (AvgIpc) is 3.06. The molecule has 1 aliphatic rings. The van der Waals surface area contributed by atoms with E-state index in [0.717, 1.165) is 25.9 Å². The second kappa shape index (κ2) is 9.37. The first-order chi connectivity index (χ1) is 11.7. The van der Waals surface area contributed by atoms with Crippen LogP contribution in [0.15, 0.2) is 24.5 Å². The molecule has 1 amide bonds. The molecule has 6 heteroatoms. The third kappa shape index (κ3) is 5.03. The molecule has 0 aliphatic carbocycles. The summed E-state index contributed by atoms with van der Waals surface area (Å²) in [6.45, 7) is 7.39. The fraction of sp³-hybridized carbons (Fsp3) is 0.611. The molecule has 132 valence electrons. The summed E-state index contributed by atoms with van der Waals surface area (Å²) in [6.07, 6.45) is 5.71. The summed E-state index contributed by atoms with van der Waals surface area (Å²) in [5.74, 6) is -0.312. The molecule has 1 fully saturated rings. The number of likely N-dealkylation sites (N-methyl/N-ethyl adjacent to an activating group) is 1. The Morgan fingerprint density at radius 2 is 2.08 bits per heavy atom. The molecule has 0 aromatic carbocycles. The minimum atomic E-state index is -0.260. The number of nitrogens with zero attached hydrogens (tertiary/aromatic N) is 3. The molecule has 6 nitrogen and oxygen atoms in total. The minimum Gasteiger partial charge on any atom is -0.466 e. The van der Waals surface area contributed by atoms with Crippen molar-refractivity contribution in [3.05, 3.63) is 30.1 Å². The molecule has 0 radical (unpaired) electrons. The SMILES string of the molecule is CCOC(=O)CCN(C[C@H]1CCCN1CC)C(=O)c1ccncc1. The van der Waals surface area contributed by atoms with Gasteiger partial charge in [-0.25, -0.2) is 0 Å². The Bertz CT molecular complexity index is 536. The van der Waals surface area contributed by atoms with Gasteiger partial charge in [0.05, 0.1) is 13.0 Å². The zero-order valence-electron chi connectivity index (χ0n) is 14.6. The van der Waals surface area contributed by atoms with Crippen molar-refractivity contribution in [2.24, 2.45) is 0 Å². The molecule has 1 aromatic heterocycles. The lowest BCUT2D eigenvalue weighted by Crippen LogP contribution is -2.44. The Morgan fingerprint density at radius 1 is 1.33 bits per heavy atom. The normalized spacial score (nSPS) is 17.7. The van der Waals surface area contributed by atoms with Crippen LogP contribution in [0.2, 0.25) is 0 Å². The van der Waals surface area contributed by atoms with E-state index in [4.69, 9.17) is 4.74 Å². The Kier molecular flexibility index (Phi) is 7.18. The van der Waals surface area contributed by atoms with Crippen molar-refractivity contribution >= 4 is 11.9 Å². The van der Waals surface area contributed by atoms with Crippen LogP contribution in [0.25, 0.3) is 0 Å². The second-order valence-electron chi connectivity index (χ2n) is 5.97. The topological polar surface area (TPSA) is 62.7 Å². The smallest absolute Gasteiger partial charge is 0.307 e. The van der Waals surface area contributed by atoms with E-state index in [9.17, 15) is 9.59 Å². The van der Waals surface area contributed by atoms with Crippen molar-refractivity contribution in [2.75, 3.05) is 32.8 Å². The number of likely N-dealkylation sites (tertiary alicyclic amines) is 1. The van der Waals surface area contributed by atoms with Gasteiger partial charge in [-0.3, -0.25) is 19.5 Å². The Balaban J connectivity index is 2.05. The van der Waals surface area contributed by atoms with E-state index in [-0.39, 0.29) is 18.3 Å². The number of esters is 1.